The molecule has 0 heterocycles. The summed E-state index contributed by atoms with van der Waals surface area (Å²) < 4.78 is 5.51. The average molecular weight is 306 g/mol. The molecular weight excluding hydrogens is 289 g/mol. The van der Waals surface area contributed by atoms with Crippen LogP contribution >= 0.6 is 23.2 Å². The molecule has 1 amide bonds. The molecule has 0 aliphatic rings. The summed E-state index contributed by atoms with van der Waals surface area (Å²) >= 11 is 11.8. The smallest absolute Gasteiger partial charge is 0.263 e. The minimum atomic E-state index is -0.697. The highest BCUT2D eigenvalue weighted by atomic mass is 35.5. The van der Waals surface area contributed by atoms with Gasteiger partial charge in [0.05, 0.1) is 17.7 Å². The SMILES string of the molecule is CC(Oc1ccc(Cl)cc1Cl)C(=O)N(C)C(C)CO. The van der Waals surface area contributed by atoms with Crippen LogP contribution in [-0.2, 0) is 4.79 Å². The van der Waals surface area contributed by atoms with Crippen LogP contribution in [0.5, 0.6) is 5.75 Å². The fourth-order valence-corrected chi connectivity index (χ4v) is 1.89. The van der Waals surface area contributed by atoms with Gasteiger partial charge in [0, 0.05) is 12.1 Å². The summed E-state index contributed by atoms with van der Waals surface area (Å²) in [7, 11) is 1.62. The fraction of sp³-hybridized carbons (Fsp3) is 0.462. The zero-order chi connectivity index (χ0) is 14.6. The zero-order valence-electron chi connectivity index (χ0n) is 11.1. The van der Waals surface area contributed by atoms with E-state index in [-0.39, 0.29) is 18.6 Å². The van der Waals surface area contributed by atoms with Crippen LogP contribution in [0.3, 0.4) is 0 Å². The Morgan fingerprint density at radius 2 is 2.05 bits per heavy atom. The highest BCUT2D eigenvalue weighted by Crippen LogP contribution is 2.28. The number of carbonyl (C=O) groups excluding carboxylic acids is 1. The second kappa shape index (κ2) is 6.98. The summed E-state index contributed by atoms with van der Waals surface area (Å²) in [5.41, 5.74) is 0. The van der Waals surface area contributed by atoms with Gasteiger partial charge in [-0.15, -0.1) is 0 Å². The Bertz CT molecular complexity index is 454. The summed E-state index contributed by atoms with van der Waals surface area (Å²) in [4.78, 5) is 13.5. The van der Waals surface area contributed by atoms with E-state index in [1.807, 2.05) is 0 Å². The number of nitrogens with zero attached hydrogens (tertiary/aromatic N) is 1. The van der Waals surface area contributed by atoms with Crippen molar-refractivity contribution in [1.29, 1.82) is 0 Å². The molecule has 0 bridgehead atoms. The maximum Gasteiger partial charge on any atom is 0.263 e. The molecule has 0 radical (unpaired) electrons. The number of aliphatic hydroxyl groups is 1. The molecule has 1 aromatic carbocycles. The molecule has 1 rings (SSSR count). The molecule has 0 fully saturated rings. The van der Waals surface area contributed by atoms with E-state index in [1.165, 1.54) is 4.90 Å². The summed E-state index contributed by atoms with van der Waals surface area (Å²) in [5.74, 6) is 0.171. The van der Waals surface area contributed by atoms with Crippen molar-refractivity contribution in [3.63, 3.8) is 0 Å². The number of rotatable bonds is 5. The first-order valence-corrected chi connectivity index (χ1v) is 6.61. The summed E-state index contributed by atoms with van der Waals surface area (Å²) in [5, 5.41) is 9.88. The van der Waals surface area contributed by atoms with Gasteiger partial charge in [-0.2, -0.15) is 0 Å². The van der Waals surface area contributed by atoms with Crippen LogP contribution in [0, 0.1) is 0 Å². The molecule has 0 saturated carbocycles. The molecule has 6 heteroatoms. The van der Waals surface area contributed by atoms with Gasteiger partial charge in [-0.05, 0) is 32.0 Å². The molecule has 0 spiro atoms. The van der Waals surface area contributed by atoms with Gasteiger partial charge in [-0.1, -0.05) is 23.2 Å². The van der Waals surface area contributed by atoms with Crippen LogP contribution in [0.4, 0.5) is 0 Å². The maximum atomic E-state index is 12.0. The van der Waals surface area contributed by atoms with E-state index in [9.17, 15) is 4.79 Å². The number of halogens is 2. The van der Waals surface area contributed by atoms with Crippen molar-refractivity contribution in [3.8, 4) is 5.75 Å². The lowest BCUT2D eigenvalue weighted by Crippen LogP contribution is -2.44. The number of ether oxygens (including phenoxy) is 1. The van der Waals surface area contributed by atoms with Crippen molar-refractivity contribution in [2.24, 2.45) is 0 Å². The van der Waals surface area contributed by atoms with Crippen LogP contribution in [0.1, 0.15) is 13.8 Å². The van der Waals surface area contributed by atoms with Crippen LogP contribution in [0.25, 0.3) is 0 Å². The lowest BCUT2D eigenvalue weighted by atomic mass is 10.2. The first-order chi connectivity index (χ1) is 8.86. The standard InChI is InChI=1S/C13H17Cl2NO3/c1-8(7-17)16(3)13(18)9(2)19-12-5-4-10(14)6-11(12)15/h4-6,8-9,17H,7H2,1-3H3. The van der Waals surface area contributed by atoms with E-state index in [1.54, 1.807) is 39.1 Å². The Balaban J connectivity index is 2.73. The third kappa shape index (κ3) is 4.27. The predicted octanol–water partition coefficient (Wildman–Crippen LogP) is 2.60. The molecule has 2 unspecified atom stereocenters. The van der Waals surface area contributed by atoms with E-state index in [0.29, 0.717) is 15.8 Å². The van der Waals surface area contributed by atoms with Crippen LogP contribution in [-0.4, -0.2) is 41.7 Å². The lowest BCUT2D eigenvalue weighted by molar-refractivity contribution is -0.139. The number of likely N-dealkylation sites (N-methyl/N-ethyl adjacent to an activating group) is 1. The first kappa shape index (κ1) is 16.1. The van der Waals surface area contributed by atoms with Crippen molar-refractivity contribution in [2.45, 2.75) is 26.0 Å². The molecule has 0 aliphatic carbocycles. The average Bonchev–Trinajstić information content (AvgIpc) is 2.39. The van der Waals surface area contributed by atoms with Crippen LogP contribution < -0.4 is 4.74 Å². The van der Waals surface area contributed by atoms with E-state index in [0.717, 1.165) is 0 Å². The summed E-state index contributed by atoms with van der Waals surface area (Å²) in [6.07, 6.45) is -0.697. The van der Waals surface area contributed by atoms with Crippen molar-refractivity contribution in [2.75, 3.05) is 13.7 Å². The Morgan fingerprint density at radius 3 is 2.58 bits per heavy atom. The molecule has 2 atom stereocenters. The van der Waals surface area contributed by atoms with Gasteiger partial charge in [0.2, 0.25) is 0 Å². The van der Waals surface area contributed by atoms with Gasteiger partial charge in [0.1, 0.15) is 5.75 Å². The highest BCUT2D eigenvalue weighted by molar-refractivity contribution is 6.35. The van der Waals surface area contributed by atoms with E-state index in [4.69, 9.17) is 33.0 Å². The van der Waals surface area contributed by atoms with Gasteiger partial charge in [-0.25, -0.2) is 0 Å². The summed E-state index contributed by atoms with van der Waals surface area (Å²) in [6.45, 7) is 3.28. The van der Waals surface area contributed by atoms with E-state index < -0.39 is 6.10 Å². The molecule has 1 aromatic rings. The minimum Gasteiger partial charge on any atom is -0.479 e. The monoisotopic (exact) mass is 305 g/mol. The number of amides is 1. The van der Waals surface area contributed by atoms with Crippen LogP contribution in [0.15, 0.2) is 18.2 Å². The van der Waals surface area contributed by atoms with Gasteiger partial charge in [0.15, 0.2) is 6.10 Å². The van der Waals surface area contributed by atoms with Crippen molar-refractivity contribution >= 4 is 29.1 Å². The third-order valence-electron chi connectivity index (χ3n) is 2.82. The van der Waals surface area contributed by atoms with Crippen molar-refractivity contribution < 1.29 is 14.6 Å². The number of hydrogen-bond donors (Lipinski definition) is 1. The van der Waals surface area contributed by atoms with Gasteiger partial charge >= 0.3 is 0 Å². The maximum absolute atomic E-state index is 12.0. The third-order valence-corrected chi connectivity index (χ3v) is 3.35. The predicted molar refractivity (Wildman–Crippen MR) is 75.9 cm³/mol. The Morgan fingerprint density at radius 1 is 1.42 bits per heavy atom. The molecule has 1 N–H and O–H groups in total. The van der Waals surface area contributed by atoms with E-state index >= 15 is 0 Å². The van der Waals surface area contributed by atoms with E-state index in [2.05, 4.69) is 0 Å². The Labute approximate surface area is 122 Å². The molecule has 0 aliphatic heterocycles. The molecular formula is C13H17Cl2NO3. The van der Waals surface area contributed by atoms with Crippen LogP contribution in [0.2, 0.25) is 10.0 Å². The van der Waals surface area contributed by atoms with Gasteiger partial charge in [-0.3, -0.25) is 4.79 Å². The number of benzene rings is 1. The molecule has 0 saturated heterocycles. The highest BCUT2D eigenvalue weighted by Gasteiger charge is 2.23. The second-order valence-corrected chi connectivity index (χ2v) is 5.16. The quantitative estimate of drug-likeness (QED) is 0.909. The number of carbonyl (C=O) groups is 1. The second-order valence-electron chi connectivity index (χ2n) is 4.32. The minimum absolute atomic E-state index is 0.101. The summed E-state index contributed by atoms with van der Waals surface area (Å²) in [6, 6.07) is 4.54. The topological polar surface area (TPSA) is 49.8 Å². The Hall–Kier alpha value is -0.970. The normalized spacial score (nSPS) is 13.8. The zero-order valence-corrected chi connectivity index (χ0v) is 12.6. The largest absolute Gasteiger partial charge is 0.479 e. The van der Waals surface area contributed by atoms with Crippen molar-refractivity contribution in [3.05, 3.63) is 28.2 Å². The first-order valence-electron chi connectivity index (χ1n) is 5.86. The number of aliphatic hydroxyl groups excluding tert-OH is 1. The Kier molecular flexibility index (Phi) is 5.91. The fourth-order valence-electron chi connectivity index (χ4n) is 1.44. The molecule has 106 valence electrons. The molecule has 0 aromatic heterocycles. The number of hydrogen-bond acceptors (Lipinski definition) is 3. The van der Waals surface area contributed by atoms with Crippen molar-refractivity contribution in [1.82, 2.24) is 4.90 Å². The molecule has 4 nitrogen and oxygen atoms in total. The lowest BCUT2D eigenvalue weighted by Gasteiger charge is -2.26. The van der Waals surface area contributed by atoms with Gasteiger partial charge in [0.25, 0.3) is 5.91 Å². The van der Waals surface area contributed by atoms with Gasteiger partial charge < -0.3 is 14.7 Å². The molecule has 19 heavy (non-hydrogen) atoms.